The summed E-state index contributed by atoms with van der Waals surface area (Å²) >= 11 is 2.98. The Kier molecular flexibility index (Phi) is 5.49. The average Bonchev–Trinajstić information content (AvgIpc) is 2.15. The molecule has 1 rings (SSSR count). The van der Waals surface area contributed by atoms with Crippen LogP contribution in [0.25, 0.3) is 0 Å². The van der Waals surface area contributed by atoms with Gasteiger partial charge in [-0.05, 0) is 12.8 Å². The zero-order chi connectivity index (χ0) is 11.3. The number of hydrogen-bond donors (Lipinski definition) is 2. The lowest BCUT2D eigenvalue weighted by Gasteiger charge is -2.35. The van der Waals surface area contributed by atoms with Gasteiger partial charge in [-0.25, -0.2) is 0 Å². The van der Waals surface area contributed by atoms with Crippen molar-refractivity contribution in [2.75, 3.05) is 18.1 Å². The van der Waals surface area contributed by atoms with Gasteiger partial charge in [-0.15, -0.1) is 23.5 Å². The van der Waals surface area contributed by atoms with Crippen molar-refractivity contribution in [3.63, 3.8) is 0 Å². The summed E-state index contributed by atoms with van der Waals surface area (Å²) < 4.78 is 0. The molecule has 2 N–H and O–H groups in total. The van der Waals surface area contributed by atoms with E-state index in [-0.39, 0.29) is 11.5 Å². The Balaban J connectivity index is 2.15. The fourth-order valence-electron chi connectivity index (χ4n) is 1.24. The third-order valence-electron chi connectivity index (χ3n) is 2.21. The molecule has 0 aromatic carbocycles. The predicted molar refractivity (Wildman–Crippen MR) is 61.5 cm³/mol. The van der Waals surface area contributed by atoms with Gasteiger partial charge in [0.05, 0.1) is 11.5 Å². The number of rotatable bonds is 7. The van der Waals surface area contributed by atoms with Crippen molar-refractivity contribution in [1.29, 1.82) is 0 Å². The normalized spacial score (nSPS) is 24.6. The van der Waals surface area contributed by atoms with Crippen molar-refractivity contribution in [3.8, 4) is 0 Å². The van der Waals surface area contributed by atoms with Crippen LogP contribution in [0.5, 0.6) is 0 Å². The van der Waals surface area contributed by atoms with Crippen LogP contribution in [-0.2, 0) is 9.59 Å². The van der Waals surface area contributed by atoms with E-state index in [0.717, 1.165) is 12.8 Å². The fraction of sp³-hybridized carbons (Fsp3) is 0.778. The maximum absolute atomic E-state index is 10.9. The van der Waals surface area contributed by atoms with E-state index in [1.54, 1.807) is 0 Å². The van der Waals surface area contributed by atoms with E-state index in [1.165, 1.54) is 23.5 Å². The molecule has 1 aliphatic rings. The van der Waals surface area contributed by atoms with Gasteiger partial charge in [0.15, 0.2) is 5.78 Å². The minimum atomic E-state index is -0.790. The van der Waals surface area contributed by atoms with Gasteiger partial charge in [-0.1, -0.05) is 0 Å². The number of aliphatic carboxylic acids is 1. The number of aliphatic hydroxyl groups excluding tert-OH is 1. The van der Waals surface area contributed by atoms with Gasteiger partial charge in [0.1, 0.15) is 6.61 Å². The Morgan fingerprint density at radius 2 is 1.67 bits per heavy atom. The molecule has 1 aliphatic carbocycles. The zero-order valence-electron chi connectivity index (χ0n) is 8.22. The number of carbonyl (C=O) groups is 2. The van der Waals surface area contributed by atoms with Gasteiger partial charge in [0, 0.05) is 10.5 Å². The van der Waals surface area contributed by atoms with E-state index >= 15 is 0 Å². The van der Waals surface area contributed by atoms with Crippen LogP contribution in [-0.4, -0.2) is 50.6 Å². The SMILES string of the molecule is O=C(O)CSC1CCC1SCC(=O)CO. The molecule has 0 amide bonds. The van der Waals surface area contributed by atoms with E-state index in [2.05, 4.69) is 0 Å². The molecule has 0 radical (unpaired) electrons. The van der Waals surface area contributed by atoms with Crippen LogP contribution in [0, 0.1) is 0 Å². The maximum atomic E-state index is 10.9. The van der Waals surface area contributed by atoms with Crippen LogP contribution in [0.2, 0.25) is 0 Å². The first kappa shape index (κ1) is 12.9. The summed E-state index contributed by atoms with van der Waals surface area (Å²) in [5, 5.41) is 17.8. The number of Topliss-reactive ketones (excluding diaryl/α,β-unsaturated/α-hetero) is 1. The molecule has 1 fully saturated rings. The third kappa shape index (κ3) is 4.44. The Bertz CT molecular complexity index is 244. The molecule has 0 aromatic heterocycles. The molecule has 6 heteroatoms. The maximum Gasteiger partial charge on any atom is 0.313 e. The highest BCUT2D eigenvalue weighted by Gasteiger charge is 2.32. The molecule has 86 valence electrons. The number of aliphatic hydroxyl groups is 1. The van der Waals surface area contributed by atoms with E-state index in [0.29, 0.717) is 16.3 Å². The summed E-state index contributed by atoms with van der Waals surface area (Å²) in [6.45, 7) is -0.396. The monoisotopic (exact) mass is 250 g/mol. The summed E-state index contributed by atoms with van der Waals surface area (Å²) in [6, 6.07) is 0. The Morgan fingerprint density at radius 3 is 2.07 bits per heavy atom. The van der Waals surface area contributed by atoms with Crippen molar-refractivity contribution in [2.24, 2.45) is 0 Å². The van der Waals surface area contributed by atoms with Crippen molar-refractivity contribution in [1.82, 2.24) is 0 Å². The van der Waals surface area contributed by atoms with Crippen LogP contribution in [0.3, 0.4) is 0 Å². The highest BCUT2D eigenvalue weighted by molar-refractivity contribution is 8.04. The van der Waals surface area contributed by atoms with Crippen molar-refractivity contribution in [2.45, 2.75) is 23.3 Å². The molecule has 0 saturated heterocycles. The number of carboxylic acids is 1. The molecule has 0 heterocycles. The molecule has 0 spiro atoms. The van der Waals surface area contributed by atoms with Crippen LogP contribution in [0.4, 0.5) is 0 Å². The standard InChI is InChI=1S/C9H14O4S2/c10-3-6(11)4-14-7-1-2-8(7)15-5-9(12)13/h7-8,10H,1-5H2,(H,12,13). The summed E-state index contributed by atoms with van der Waals surface area (Å²) in [6.07, 6.45) is 2.07. The lowest BCUT2D eigenvalue weighted by atomic mass is 9.99. The first-order chi connectivity index (χ1) is 7.13. The van der Waals surface area contributed by atoms with Gasteiger partial charge in [0.2, 0.25) is 0 Å². The molecule has 0 bridgehead atoms. The summed E-state index contributed by atoms with van der Waals surface area (Å²) in [7, 11) is 0. The number of ketones is 1. The second-order valence-corrected chi connectivity index (χ2v) is 5.82. The third-order valence-corrected chi connectivity index (χ3v) is 5.27. The van der Waals surface area contributed by atoms with E-state index in [1.807, 2.05) is 0 Å². The van der Waals surface area contributed by atoms with Gasteiger partial charge in [-0.3, -0.25) is 9.59 Å². The number of thioether (sulfide) groups is 2. The van der Waals surface area contributed by atoms with Gasteiger partial charge < -0.3 is 10.2 Å². The molecule has 15 heavy (non-hydrogen) atoms. The lowest BCUT2D eigenvalue weighted by Crippen LogP contribution is -2.33. The minimum absolute atomic E-state index is 0.135. The lowest BCUT2D eigenvalue weighted by molar-refractivity contribution is -0.133. The van der Waals surface area contributed by atoms with Gasteiger partial charge >= 0.3 is 5.97 Å². The second-order valence-electron chi connectivity index (χ2n) is 3.37. The summed E-state index contributed by atoms with van der Waals surface area (Å²) in [5.74, 6) is -0.475. The molecule has 0 aliphatic heterocycles. The van der Waals surface area contributed by atoms with E-state index in [4.69, 9.17) is 10.2 Å². The van der Waals surface area contributed by atoms with Crippen molar-refractivity contribution in [3.05, 3.63) is 0 Å². The molecule has 4 nitrogen and oxygen atoms in total. The Hall–Kier alpha value is -0.200. The smallest absolute Gasteiger partial charge is 0.313 e. The van der Waals surface area contributed by atoms with Crippen LogP contribution >= 0.6 is 23.5 Å². The Labute approximate surface area is 96.8 Å². The van der Waals surface area contributed by atoms with Crippen LogP contribution in [0.15, 0.2) is 0 Å². The number of carbonyl (C=O) groups excluding carboxylic acids is 1. The zero-order valence-corrected chi connectivity index (χ0v) is 9.85. The van der Waals surface area contributed by atoms with Gasteiger partial charge in [0.25, 0.3) is 0 Å². The second kappa shape index (κ2) is 6.40. The molecule has 2 unspecified atom stereocenters. The first-order valence-corrected chi connectivity index (χ1v) is 6.80. The topological polar surface area (TPSA) is 74.6 Å². The quantitative estimate of drug-likeness (QED) is 0.690. The average molecular weight is 250 g/mol. The fourth-order valence-corrected chi connectivity index (χ4v) is 3.87. The first-order valence-electron chi connectivity index (χ1n) is 4.71. The van der Waals surface area contributed by atoms with Crippen LogP contribution in [0.1, 0.15) is 12.8 Å². The van der Waals surface area contributed by atoms with Crippen molar-refractivity contribution >= 4 is 35.3 Å². The highest BCUT2D eigenvalue weighted by Crippen LogP contribution is 2.39. The van der Waals surface area contributed by atoms with Crippen LogP contribution < -0.4 is 0 Å². The van der Waals surface area contributed by atoms with E-state index in [9.17, 15) is 9.59 Å². The molecule has 1 saturated carbocycles. The number of hydrogen-bond acceptors (Lipinski definition) is 5. The number of carboxylic acid groups (broad SMARTS) is 1. The summed E-state index contributed by atoms with van der Waals surface area (Å²) in [5.41, 5.74) is 0. The van der Waals surface area contributed by atoms with Gasteiger partial charge in [-0.2, -0.15) is 0 Å². The highest BCUT2D eigenvalue weighted by atomic mass is 32.2. The molecule has 2 atom stereocenters. The van der Waals surface area contributed by atoms with Crippen molar-refractivity contribution < 1.29 is 19.8 Å². The largest absolute Gasteiger partial charge is 0.481 e. The molecule has 0 aromatic rings. The summed E-state index contributed by atoms with van der Waals surface area (Å²) in [4.78, 5) is 21.2. The molecular weight excluding hydrogens is 236 g/mol. The minimum Gasteiger partial charge on any atom is -0.481 e. The molecular formula is C9H14O4S2. The predicted octanol–water partition coefficient (Wildman–Crippen LogP) is 0.630. The Morgan fingerprint density at radius 1 is 1.13 bits per heavy atom. The van der Waals surface area contributed by atoms with E-state index < -0.39 is 12.6 Å².